The smallest absolute Gasteiger partial charge is 0.232 e. The zero-order valence-corrected chi connectivity index (χ0v) is 10.1. The predicted octanol–water partition coefficient (Wildman–Crippen LogP) is 1.93. The molecular formula is C13H15NO4. The molecule has 0 saturated carbocycles. The topological polar surface area (TPSA) is 64.7 Å². The first kappa shape index (κ1) is 12.4. The molecule has 0 amide bonds. The Hall–Kier alpha value is -2.01. The highest BCUT2D eigenvalue weighted by molar-refractivity contribution is 5.31. The van der Waals surface area contributed by atoms with E-state index < -0.39 is 0 Å². The van der Waals surface area contributed by atoms with E-state index in [-0.39, 0.29) is 13.2 Å². The highest BCUT2D eigenvalue weighted by atomic mass is 16.5. The summed E-state index contributed by atoms with van der Waals surface area (Å²) in [5, 5.41) is 8.63. The molecule has 1 aromatic carbocycles. The Kier molecular flexibility index (Phi) is 4.20. The van der Waals surface area contributed by atoms with Gasteiger partial charge in [0.15, 0.2) is 6.61 Å². The van der Waals surface area contributed by atoms with Crippen LogP contribution in [0.1, 0.15) is 11.7 Å². The van der Waals surface area contributed by atoms with E-state index in [9.17, 15) is 0 Å². The first-order valence-corrected chi connectivity index (χ1v) is 5.66. The van der Waals surface area contributed by atoms with Crippen molar-refractivity contribution in [2.75, 3.05) is 13.2 Å². The summed E-state index contributed by atoms with van der Waals surface area (Å²) in [6.07, 6.45) is 1.66. The van der Waals surface area contributed by atoms with Crippen molar-refractivity contribution < 1.29 is 19.0 Å². The predicted molar refractivity (Wildman–Crippen MR) is 64.6 cm³/mol. The Balaban J connectivity index is 1.86. The van der Waals surface area contributed by atoms with Crippen LogP contribution in [0.5, 0.6) is 11.5 Å². The molecule has 5 heteroatoms. The number of benzene rings is 1. The summed E-state index contributed by atoms with van der Waals surface area (Å²) < 4.78 is 16.0. The minimum absolute atomic E-state index is 0.00175. The van der Waals surface area contributed by atoms with Gasteiger partial charge < -0.3 is 19.0 Å². The lowest BCUT2D eigenvalue weighted by Gasteiger charge is -2.06. The van der Waals surface area contributed by atoms with Crippen LogP contribution in [0.2, 0.25) is 0 Å². The van der Waals surface area contributed by atoms with E-state index in [2.05, 4.69) is 4.98 Å². The normalized spacial score (nSPS) is 10.3. The Morgan fingerprint density at radius 2 is 1.83 bits per heavy atom. The third-order valence-electron chi connectivity index (χ3n) is 2.22. The average molecular weight is 249 g/mol. The van der Waals surface area contributed by atoms with Crippen LogP contribution in [0.4, 0.5) is 0 Å². The van der Waals surface area contributed by atoms with Crippen LogP contribution in [-0.2, 0) is 6.61 Å². The van der Waals surface area contributed by atoms with Gasteiger partial charge in [0.05, 0.1) is 12.8 Å². The Bertz CT molecular complexity index is 478. The lowest BCUT2D eigenvalue weighted by molar-refractivity contribution is 0.201. The number of ether oxygens (including phenoxy) is 2. The molecule has 0 aliphatic heterocycles. The van der Waals surface area contributed by atoms with E-state index in [1.165, 1.54) is 0 Å². The molecule has 0 bridgehead atoms. The molecule has 0 spiro atoms. The second kappa shape index (κ2) is 6.07. The molecule has 96 valence electrons. The van der Waals surface area contributed by atoms with Crippen LogP contribution >= 0.6 is 0 Å². The summed E-state index contributed by atoms with van der Waals surface area (Å²) in [7, 11) is 0. The standard InChI is InChI=1S/C13H15NO4/c1-10-8-14-13(18-10)9-17-12-4-2-11(3-5-12)16-7-6-15/h2-5,8,15H,6-7,9H2,1H3. The minimum Gasteiger partial charge on any atom is -0.491 e. The molecule has 0 saturated heterocycles. The van der Waals surface area contributed by atoms with E-state index in [0.29, 0.717) is 24.0 Å². The molecule has 0 fully saturated rings. The van der Waals surface area contributed by atoms with E-state index in [1.54, 1.807) is 30.5 Å². The summed E-state index contributed by atoms with van der Waals surface area (Å²) in [5.74, 6) is 2.72. The molecule has 0 atom stereocenters. The Labute approximate surface area is 105 Å². The summed E-state index contributed by atoms with van der Waals surface area (Å²) in [5.41, 5.74) is 0. The van der Waals surface area contributed by atoms with Crippen molar-refractivity contribution in [1.29, 1.82) is 0 Å². The van der Waals surface area contributed by atoms with Crippen molar-refractivity contribution >= 4 is 0 Å². The maximum Gasteiger partial charge on any atom is 0.232 e. The SMILES string of the molecule is Cc1cnc(COc2ccc(OCCO)cc2)o1. The molecule has 0 aliphatic carbocycles. The molecule has 5 nitrogen and oxygen atoms in total. The molecule has 0 unspecified atom stereocenters. The van der Waals surface area contributed by atoms with Gasteiger partial charge in [-0.25, -0.2) is 4.98 Å². The number of aryl methyl sites for hydroxylation is 1. The molecule has 2 aromatic rings. The van der Waals surface area contributed by atoms with Crippen LogP contribution < -0.4 is 9.47 Å². The molecule has 18 heavy (non-hydrogen) atoms. The van der Waals surface area contributed by atoms with Gasteiger partial charge in [-0.2, -0.15) is 0 Å². The van der Waals surface area contributed by atoms with Crippen molar-refractivity contribution in [3.63, 3.8) is 0 Å². The number of hydrogen-bond donors (Lipinski definition) is 1. The number of rotatable bonds is 6. The van der Waals surface area contributed by atoms with Crippen molar-refractivity contribution in [2.45, 2.75) is 13.5 Å². The molecule has 0 aliphatic rings. The van der Waals surface area contributed by atoms with Gasteiger partial charge in [-0.1, -0.05) is 0 Å². The Morgan fingerprint density at radius 3 is 2.39 bits per heavy atom. The fourth-order valence-corrected chi connectivity index (χ4v) is 1.41. The van der Waals surface area contributed by atoms with Crippen molar-refractivity contribution in [3.05, 3.63) is 42.1 Å². The maximum atomic E-state index is 8.63. The number of hydrogen-bond acceptors (Lipinski definition) is 5. The summed E-state index contributed by atoms with van der Waals surface area (Å²) >= 11 is 0. The van der Waals surface area contributed by atoms with Crippen LogP contribution in [0.15, 0.2) is 34.9 Å². The third kappa shape index (κ3) is 3.49. The number of nitrogens with zero attached hydrogens (tertiary/aromatic N) is 1. The van der Waals surface area contributed by atoms with Gasteiger partial charge in [-0.3, -0.25) is 0 Å². The van der Waals surface area contributed by atoms with Gasteiger partial charge in [-0.05, 0) is 31.2 Å². The zero-order chi connectivity index (χ0) is 12.8. The van der Waals surface area contributed by atoms with Gasteiger partial charge in [-0.15, -0.1) is 0 Å². The lowest BCUT2D eigenvalue weighted by atomic mass is 10.3. The molecule has 1 aromatic heterocycles. The van der Waals surface area contributed by atoms with Crippen molar-refractivity contribution in [3.8, 4) is 11.5 Å². The molecular weight excluding hydrogens is 234 g/mol. The molecule has 2 rings (SSSR count). The van der Waals surface area contributed by atoms with Crippen LogP contribution in [0.25, 0.3) is 0 Å². The van der Waals surface area contributed by atoms with E-state index >= 15 is 0 Å². The second-order valence-electron chi connectivity index (χ2n) is 3.70. The number of oxazole rings is 1. The summed E-state index contributed by atoms with van der Waals surface area (Å²) in [6.45, 7) is 2.42. The maximum absolute atomic E-state index is 8.63. The lowest BCUT2D eigenvalue weighted by Crippen LogP contribution is -2.01. The van der Waals surface area contributed by atoms with E-state index in [1.807, 2.05) is 6.92 Å². The number of aliphatic hydroxyl groups excluding tert-OH is 1. The molecule has 1 N–H and O–H groups in total. The number of aliphatic hydroxyl groups is 1. The van der Waals surface area contributed by atoms with Crippen molar-refractivity contribution in [2.24, 2.45) is 0 Å². The van der Waals surface area contributed by atoms with E-state index in [0.717, 1.165) is 5.76 Å². The fraction of sp³-hybridized carbons (Fsp3) is 0.308. The first-order valence-electron chi connectivity index (χ1n) is 5.66. The Morgan fingerprint density at radius 1 is 1.17 bits per heavy atom. The monoisotopic (exact) mass is 249 g/mol. The zero-order valence-electron chi connectivity index (χ0n) is 10.1. The molecule has 0 radical (unpaired) electrons. The number of aromatic nitrogens is 1. The van der Waals surface area contributed by atoms with Crippen LogP contribution in [0.3, 0.4) is 0 Å². The largest absolute Gasteiger partial charge is 0.491 e. The highest BCUT2D eigenvalue weighted by Crippen LogP contribution is 2.18. The van der Waals surface area contributed by atoms with Crippen LogP contribution in [0, 0.1) is 6.92 Å². The van der Waals surface area contributed by atoms with Gasteiger partial charge >= 0.3 is 0 Å². The van der Waals surface area contributed by atoms with E-state index in [4.69, 9.17) is 19.0 Å². The van der Waals surface area contributed by atoms with Gasteiger partial charge in [0.25, 0.3) is 0 Å². The second-order valence-corrected chi connectivity index (χ2v) is 3.70. The third-order valence-corrected chi connectivity index (χ3v) is 2.22. The average Bonchev–Trinajstić information content (AvgIpc) is 2.81. The summed E-state index contributed by atoms with van der Waals surface area (Å²) in [6, 6.07) is 7.16. The molecule has 1 heterocycles. The minimum atomic E-state index is 0.00175. The van der Waals surface area contributed by atoms with Crippen molar-refractivity contribution in [1.82, 2.24) is 4.98 Å². The van der Waals surface area contributed by atoms with Gasteiger partial charge in [0.1, 0.15) is 23.9 Å². The van der Waals surface area contributed by atoms with Crippen LogP contribution in [-0.4, -0.2) is 23.3 Å². The highest BCUT2D eigenvalue weighted by Gasteiger charge is 2.02. The summed E-state index contributed by atoms with van der Waals surface area (Å²) in [4.78, 5) is 4.04. The quantitative estimate of drug-likeness (QED) is 0.847. The fourth-order valence-electron chi connectivity index (χ4n) is 1.41. The first-order chi connectivity index (χ1) is 8.78. The van der Waals surface area contributed by atoms with Gasteiger partial charge in [0.2, 0.25) is 5.89 Å². The van der Waals surface area contributed by atoms with Gasteiger partial charge in [0, 0.05) is 0 Å².